The first-order chi connectivity index (χ1) is 17.8. The molecule has 0 saturated heterocycles. The Morgan fingerprint density at radius 2 is 1.86 bits per heavy atom. The van der Waals surface area contributed by atoms with E-state index in [0.717, 1.165) is 22.0 Å². The van der Waals surface area contributed by atoms with Crippen molar-refractivity contribution in [2.75, 3.05) is 6.61 Å². The van der Waals surface area contributed by atoms with Crippen LogP contribution in [-0.4, -0.2) is 22.5 Å². The summed E-state index contributed by atoms with van der Waals surface area (Å²) in [5.41, 5.74) is 1.93. The van der Waals surface area contributed by atoms with Crippen LogP contribution in [-0.2, 0) is 13.0 Å². The van der Waals surface area contributed by atoms with Gasteiger partial charge in [-0.2, -0.15) is 9.78 Å². The first kappa shape index (κ1) is 27.6. The van der Waals surface area contributed by atoms with Gasteiger partial charge in [-0.25, -0.2) is 4.98 Å². The third-order valence-corrected chi connectivity index (χ3v) is 7.06. The van der Waals surface area contributed by atoms with Gasteiger partial charge in [0.25, 0.3) is 5.56 Å². The normalized spacial score (nSPS) is 11.4. The minimum absolute atomic E-state index is 0.227. The average Bonchev–Trinajstić information content (AvgIpc) is 2.85. The Hall–Kier alpha value is -2.39. The smallest absolute Gasteiger partial charge is 0.282 e. The molecule has 192 valence electrons. The van der Waals surface area contributed by atoms with Gasteiger partial charge in [0, 0.05) is 26.5 Å². The molecule has 0 aliphatic rings. The maximum Gasteiger partial charge on any atom is 0.282 e. The molecule has 0 fully saturated rings. The van der Waals surface area contributed by atoms with Crippen molar-refractivity contribution < 1.29 is 9.47 Å². The molecule has 4 rings (SSSR count). The van der Waals surface area contributed by atoms with E-state index in [9.17, 15) is 4.79 Å². The van der Waals surface area contributed by atoms with E-state index in [1.807, 2.05) is 44.2 Å². The van der Waals surface area contributed by atoms with Crippen LogP contribution < -0.4 is 15.0 Å². The SMILES string of the molecule is CCCc1nc2ccc(Br)cc2c(=O)n1N=Cc1cc(Br)c(OCc2ccc(Cl)cc2Cl)c(OCC)c1. The average molecular weight is 668 g/mol. The number of halogens is 4. The van der Waals surface area contributed by atoms with E-state index < -0.39 is 0 Å². The van der Waals surface area contributed by atoms with E-state index in [4.69, 9.17) is 32.7 Å². The van der Waals surface area contributed by atoms with Crippen molar-refractivity contribution in [3.8, 4) is 11.5 Å². The second kappa shape index (κ2) is 12.4. The third-order valence-electron chi connectivity index (χ3n) is 5.39. The lowest BCUT2D eigenvalue weighted by Gasteiger charge is -2.15. The molecule has 0 aliphatic heterocycles. The lowest BCUT2D eigenvalue weighted by Crippen LogP contribution is -2.22. The molecule has 0 spiro atoms. The van der Waals surface area contributed by atoms with Crippen molar-refractivity contribution in [1.82, 2.24) is 9.66 Å². The molecule has 0 unspecified atom stereocenters. The van der Waals surface area contributed by atoms with Gasteiger partial charge in [-0.3, -0.25) is 4.79 Å². The third kappa shape index (κ3) is 6.55. The maximum absolute atomic E-state index is 13.3. The molecular weight excluding hydrogens is 645 g/mol. The van der Waals surface area contributed by atoms with Crippen LogP contribution in [0.5, 0.6) is 11.5 Å². The van der Waals surface area contributed by atoms with Gasteiger partial charge in [0.1, 0.15) is 12.4 Å². The number of aryl methyl sites for hydroxylation is 1. The van der Waals surface area contributed by atoms with E-state index in [1.54, 1.807) is 24.4 Å². The topological polar surface area (TPSA) is 65.7 Å². The van der Waals surface area contributed by atoms with E-state index >= 15 is 0 Å². The molecule has 10 heteroatoms. The van der Waals surface area contributed by atoms with Gasteiger partial charge in [-0.1, -0.05) is 52.1 Å². The second-order valence-electron chi connectivity index (χ2n) is 8.09. The van der Waals surface area contributed by atoms with Crippen LogP contribution in [0.15, 0.2) is 67.4 Å². The molecule has 0 amide bonds. The lowest BCUT2D eigenvalue weighted by atomic mass is 10.2. The molecule has 0 atom stereocenters. The highest BCUT2D eigenvalue weighted by Crippen LogP contribution is 2.37. The number of benzene rings is 3. The molecule has 0 bridgehead atoms. The number of ether oxygens (including phenoxy) is 2. The summed E-state index contributed by atoms with van der Waals surface area (Å²) in [6.45, 7) is 4.60. The number of hydrogen-bond acceptors (Lipinski definition) is 5. The molecule has 6 nitrogen and oxygen atoms in total. The monoisotopic (exact) mass is 665 g/mol. The van der Waals surface area contributed by atoms with E-state index in [-0.39, 0.29) is 12.2 Å². The fourth-order valence-corrected chi connectivity index (χ4v) is 5.08. The van der Waals surface area contributed by atoms with Crippen molar-refractivity contribution >= 4 is 72.2 Å². The molecule has 1 aromatic heterocycles. The highest BCUT2D eigenvalue weighted by Gasteiger charge is 2.14. The van der Waals surface area contributed by atoms with Gasteiger partial charge in [-0.05, 0) is 77.3 Å². The molecule has 1 heterocycles. The molecule has 0 aliphatic carbocycles. The van der Waals surface area contributed by atoms with Crippen molar-refractivity contribution in [1.29, 1.82) is 0 Å². The molecule has 3 aromatic carbocycles. The van der Waals surface area contributed by atoms with Crippen molar-refractivity contribution in [3.63, 3.8) is 0 Å². The Morgan fingerprint density at radius 1 is 1.05 bits per heavy atom. The summed E-state index contributed by atoms with van der Waals surface area (Å²) in [4.78, 5) is 18.0. The molecule has 0 N–H and O–H groups in total. The molecule has 37 heavy (non-hydrogen) atoms. The Labute approximate surface area is 241 Å². The fourth-order valence-electron chi connectivity index (χ4n) is 3.68. The minimum atomic E-state index is -0.227. The minimum Gasteiger partial charge on any atom is -0.490 e. The second-order valence-corrected chi connectivity index (χ2v) is 10.7. The van der Waals surface area contributed by atoms with Crippen LogP contribution in [0.1, 0.15) is 37.2 Å². The zero-order valence-corrected chi connectivity index (χ0v) is 24.8. The zero-order valence-electron chi connectivity index (χ0n) is 20.1. The number of hydrogen-bond donors (Lipinski definition) is 0. The number of rotatable bonds is 9. The van der Waals surface area contributed by atoms with Crippen molar-refractivity contribution in [2.24, 2.45) is 5.10 Å². The summed E-state index contributed by atoms with van der Waals surface area (Å²) >= 11 is 19.3. The maximum atomic E-state index is 13.3. The fraction of sp³-hybridized carbons (Fsp3) is 0.222. The Kier molecular flexibility index (Phi) is 9.29. The van der Waals surface area contributed by atoms with Crippen LogP contribution in [0.25, 0.3) is 10.9 Å². The van der Waals surface area contributed by atoms with Crippen molar-refractivity contribution in [3.05, 3.63) is 94.8 Å². The quantitative estimate of drug-likeness (QED) is 0.170. The summed E-state index contributed by atoms with van der Waals surface area (Å²) < 4.78 is 14.7. The summed E-state index contributed by atoms with van der Waals surface area (Å²) in [6, 6.07) is 14.4. The van der Waals surface area contributed by atoms with Gasteiger partial charge in [0.05, 0.1) is 28.2 Å². The highest BCUT2D eigenvalue weighted by molar-refractivity contribution is 9.10. The summed E-state index contributed by atoms with van der Waals surface area (Å²) in [5, 5.41) is 6.09. The van der Waals surface area contributed by atoms with Crippen LogP contribution in [0.2, 0.25) is 10.0 Å². The van der Waals surface area contributed by atoms with E-state index in [1.165, 1.54) is 4.68 Å². The van der Waals surface area contributed by atoms with Gasteiger partial charge < -0.3 is 9.47 Å². The van der Waals surface area contributed by atoms with E-state index in [0.29, 0.717) is 55.8 Å². The van der Waals surface area contributed by atoms with Crippen LogP contribution in [0.4, 0.5) is 0 Å². The Morgan fingerprint density at radius 3 is 2.59 bits per heavy atom. The van der Waals surface area contributed by atoms with Gasteiger partial charge in [0.2, 0.25) is 0 Å². The van der Waals surface area contributed by atoms with Crippen LogP contribution >= 0.6 is 55.1 Å². The predicted molar refractivity (Wildman–Crippen MR) is 157 cm³/mol. The first-order valence-electron chi connectivity index (χ1n) is 11.6. The van der Waals surface area contributed by atoms with Crippen LogP contribution in [0.3, 0.4) is 0 Å². The molecular formula is C27H23Br2Cl2N3O3. The van der Waals surface area contributed by atoms with Crippen molar-refractivity contribution in [2.45, 2.75) is 33.3 Å². The molecule has 0 saturated carbocycles. The zero-order chi connectivity index (χ0) is 26.5. The van der Waals surface area contributed by atoms with Gasteiger partial charge >= 0.3 is 0 Å². The van der Waals surface area contributed by atoms with Gasteiger partial charge in [0.15, 0.2) is 11.5 Å². The predicted octanol–water partition coefficient (Wildman–Crippen LogP) is 8.04. The highest BCUT2D eigenvalue weighted by atomic mass is 79.9. The Balaban J connectivity index is 1.68. The summed E-state index contributed by atoms with van der Waals surface area (Å²) in [5.74, 6) is 1.67. The number of fused-ring (bicyclic) bond motifs is 1. The summed E-state index contributed by atoms with van der Waals surface area (Å²) in [6.07, 6.45) is 3.05. The molecule has 4 aromatic rings. The number of nitrogens with zero attached hydrogens (tertiary/aromatic N) is 3. The van der Waals surface area contributed by atoms with Crippen LogP contribution in [0, 0.1) is 0 Å². The first-order valence-corrected chi connectivity index (χ1v) is 13.9. The van der Waals surface area contributed by atoms with Gasteiger partial charge in [-0.15, -0.1) is 0 Å². The van der Waals surface area contributed by atoms with E-state index in [2.05, 4.69) is 41.9 Å². The summed E-state index contributed by atoms with van der Waals surface area (Å²) in [7, 11) is 0. The molecule has 0 radical (unpaired) electrons. The largest absolute Gasteiger partial charge is 0.490 e. The Bertz CT molecular complexity index is 1540. The lowest BCUT2D eigenvalue weighted by molar-refractivity contribution is 0.267. The number of aromatic nitrogens is 2. The standard InChI is InChI=1S/C27H23Br2Cl2N3O3/c1-3-5-25-33-23-9-7-18(28)12-20(23)27(35)34(25)32-14-16-10-21(29)26(24(11-16)36-4-2)37-15-17-6-8-19(30)13-22(17)31/h6-14H,3-5,15H2,1-2H3.